The molecule has 2 aliphatic carbocycles. The normalized spacial score (nSPS) is 37.2. The van der Waals surface area contributed by atoms with E-state index in [0.717, 1.165) is 44.9 Å². The number of hydrogen-bond acceptors (Lipinski definition) is 4. The van der Waals surface area contributed by atoms with E-state index in [9.17, 15) is 8.42 Å². The fraction of sp³-hybridized carbons (Fsp3) is 1.00. The van der Waals surface area contributed by atoms with E-state index in [4.69, 9.17) is 9.84 Å². The monoisotopic (exact) mass is 290 g/mol. The van der Waals surface area contributed by atoms with Gasteiger partial charge in [-0.15, -0.1) is 0 Å². The third-order valence-corrected chi connectivity index (χ3v) is 6.26. The van der Waals surface area contributed by atoms with Gasteiger partial charge in [-0.3, -0.25) is 0 Å². The molecule has 0 aromatic rings. The first-order valence-corrected chi connectivity index (χ1v) is 9.39. The van der Waals surface area contributed by atoms with Crippen LogP contribution in [0.5, 0.6) is 0 Å². The quantitative estimate of drug-likeness (QED) is 0.859. The Morgan fingerprint density at radius 1 is 1.05 bits per heavy atom. The highest BCUT2D eigenvalue weighted by Gasteiger charge is 2.31. The number of rotatable bonds is 4. The van der Waals surface area contributed by atoms with Crippen molar-refractivity contribution in [3.05, 3.63) is 0 Å². The second-order valence-electron chi connectivity index (χ2n) is 6.20. The first kappa shape index (κ1) is 15.3. The zero-order valence-corrected chi connectivity index (χ0v) is 12.6. The number of sulfone groups is 1. The lowest BCUT2D eigenvalue weighted by molar-refractivity contribution is -0.0529. The van der Waals surface area contributed by atoms with Crippen molar-refractivity contribution in [3.8, 4) is 0 Å². The lowest BCUT2D eigenvalue weighted by atomic mass is 9.87. The summed E-state index contributed by atoms with van der Waals surface area (Å²) in [5.41, 5.74) is 0. The highest BCUT2D eigenvalue weighted by Crippen LogP contribution is 2.31. The van der Waals surface area contributed by atoms with E-state index in [1.165, 1.54) is 6.26 Å². The van der Waals surface area contributed by atoms with Crippen molar-refractivity contribution in [1.29, 1.82) is 0 Å². The van der Waals surface area contributed by atoms with Gasteiger partial charge >= 0.3 is 0 Å². The highest BCUT2D eigenvalue weighted by molar-refractivity contribution is 7.91. The summed E-state index contributed by atoms with van der Waals surface area (Å²) >= 11 is 0. The Morgan fingerprint density at radius 3 is 2.32 bits per heavy atom. The molecule has 0 heterocycles. The summed E-state index contributed by atoms with van der Waals surface area (Å²) in [4.78, 5) is 0. The van der Waals surface area contributed by atoms with Gasteiger partial charge in [0.25, 0.3) is 0 Å². The third kappa shape index (κ3) is 4.43. The van der Waals surface area contributed by atoms with E-state index in [-0.39, 0.29) is 24.1 Å². The molecule has 2 fully saturated rings. The molecule has 2 unspecified atom stereocenters. The molecule has 1 N–H and O–H groups in total. The van der Waals surface area contributed by atoms with Crippen LogP contribution in [-0.4, -0.2) is 43.8 Å². The van der Waals surface area contributed by atoms with E-state index in [2.05, 4.69) is 0 Å². The Kier molecular flexibility index (Phi) is 5.26. The highest BCUT2D eigenvalue weighted by atomic mass is 32.2. The predicted octanol–water partition coefficient (Wildman–Crippen LogP) is 1.91. The standard InChI is InChI=1S/C14H26O4S/c1-19(16,17)14-4-2-3-13(9-14)18-12-7-5-11(10-15)6-8-12/h11-15H,2-10H2,1H3. The number of ether oxygens (including phenoxy) is 1. The van der Waals surface area contributed by atoms with E-state index in [0.29, 0.717) is 12.3 Å². The lowest BCUT2D eigenvalue weighted by Crippen LogP contribution is -2.35. The fourth-order valence-corrected chi connectivity index (χ4v) is 4.50. The molecule has 0 saturated heterocycles. The number of hydrogen-bond donors (Lipinski definition) is 1. The minimum Gasteiger partial charge on any atom is -0.396 e. The van der Waals surface area contributed by atoms with Gasteiger partial charge < -0.3 is 9.84 Å². The summed E-state index contributed by atoms with van der Waals surface area (Å²) in [6.07, 6.45) is 9.19. The van der Waals surface area contributed by atoms with Crippen molar-refractivity contribution in [2.45, 2.75) is 68.8 Å². The van der Waals surface area contributed by atoms with Gasteiger partial charge in [0.1, 0.15) is 9.84 Å². The molecule has 0 aromatic carbocycles. The van der Waals surface area contributed by atoms with E-state index in [1.807, 2.05) is 0 Å². The molecular weight excluding hydrogens is 264 g/mol. The van der Waals surface area contributed by atoms with Crippen LogP contribution >= 0.6 is 0 Å². The molecule has 0 bridgehead atoms. The summed E-state index contributed by atoms with van der Waals surface area (Å²) < 4.78 is 29.3. The molecule has 0 spiro atoms. The van der Waals surface area contributed by atoms with Gasteiger partial charge in [-0.2, -0.15) is 0 Å². The smallest absolute Gasteiger partial charge is 0.150 e. The van der Waals surface area contributed by atoms with Crippen LogP contribution in [0, 0.1) is 5.92 Å². The molecule has 112 valence electrons. The molecule has 0 aromatic heterocycles. The van der Waals surface area contributed by atoms with Crippen LogP contribution in [0.15, 0.2) is 0 Å². The Bertz CT molecular complexity index is 371. The third-order valence-electron chi connectivity index (χ3n) is 4.62. The summed E-state index contributed by atoms with van der Waals surface area (Å²) in [5.74, 6) is 0.440. The van der Waals surface area contributed by atoms with Crippen LogP contribution in [0.3, 0.4) is 0 Å². The van der Waals surface area contributed by atoms with Gasteiger partial charge in [-0.25, -0.2) is 8.42 Å². The van der Waals surface area contributed by atoms with Crippen LogP contribution in [0.2, 0.25) is 0 Å². The van der Waals surface area contributed by atoms with Gasteiger partial charge in [-0.05, 0) is 57.3 Å². The molecule has 4 nitrogen and oxygen atoms in total. The molecule has 19 heavy (non-hydrogen) atoms. The van der Waals surface area contributed by atoms with Gasteiger partial charge in [0.05, 0.1) is 17.5 Å². The van der Waals surface area contributed by atoms with Crippen LogP contribution in [0.4, 0.5) is 0 Å². The summed E-state index contributed by atoms with van der Waals surface area (Å²) in [6, 6.07) is 0. The summed E-state index contributed by atoms with van der Waals surface area (Å²) in [6.45, 7) is 0.284. The molecule has 0 amide bonds. The van der Waals surface area contributed by atoms with E-state index >= 15 is 0 Å². The van der Waals surface area contributed by atoms with Crippen LogP contribution in [-0.2, 0) is 14.6 Å². The number of aliphatic hydroxyl groups is 1. The molecule has 2 rings (SSSR count). The maximum atomic E-state index is 11.6. The molecule has 2 aliphatic rings. The Hall–Kier alpha value is -0.130. The predicted molar refractivity (Wildman–Crippen MR) is 74.8 cm³/mol. The van der Waals surface area contributed by atoms with Crippen molar-refractivity contribution in [1.82, 2.24) is 0 Å². The van der Waals surface area contributed by atoms with Gasteiger partial charge in [0.2, 0.25) is 0 Å². The van der Waals surface area contributed by atoms with E-state index in [1.54, 1.807) is 0 Å². The van der Waals surface area contributed by atoms with Crippen LogP contribution < -0.4 is 0 Å². The fourth-order valence-electron chi connectivity index (χ4n) is 3.34. The van der Waals surface area contributed by atoms with Crippen LogP contribution in [0.25, 0.3) is 0 Å². The second kappa shape index (κ2) is 6.55. The largest absolute Gasteiger partial charge is 0.396 e. The Labute approximate surface area is 116 Å². The maximum absolute atomic E-state index is 11.6. The van der Waals surface area contributed by atoms with Crippen molar-refractivity contribution in [2.75, 3.05) is 12.9 Å². The maximum Gasteiger partial charge on any atom is 0.150 e. The van der Waals surface area contributed by atoms with Gasteiger partial charge in [0, 0.05) is 12.9 Å². The topological polar surface area (TPSA) is 63.6 Å². The minimum atomic E-state index is -2.93. The summed E-state index contributed by atoms with van der Waals surface area (Å²) in [7, 11) is -2.93. The number of aliphatic hydroxyl groups excluding tert-OH is 1. The van der Waals surface area contributed by atoms with Crippen molar-refractivity contribution < 1.29 is 18.3 Å². The minimum absolute atomic E-state index is 0.115. The molecule has 5 heteroatoms. The molecule has 2 atom stereocenters. The van der Waals surface area contributed by atoms with E-state index < -0.39 is 9.84 Å². The van der Waals surface area contributed by atoms with Crippen molar-refractivity contribution in [3.63, 3.8) is 0 Å². The molecular formula is C14H26O4S. The lowest BCUT2D eigenvalue weighted by Gasteiger charge is -2.34. The molecule has 2 saturated carbocycles. The zero-order chi connectivity index (χ0) is 13.9. The van der Waals surface area contributed by atoms with Crippen molar-refractivity contribution >= 4 is 9.84 Å². The summed E-state index contributed by atoms with van der Waals surface area (Å²) in [5, 5.41) is 8.91. The second-order valence-corrected chi connectivity index (χ2v) is 8.53. The van der Waals surface area contributed by atoms with Crippen LogP contribution in [0.1, 0.15) is 51.4 Å². The first-order valence-electron chi connectivity index (χ1n) is 7.44. The van der Waals surface area contributed by atoms with Gasteiger partial charge in [-0.1, -0.05) is 0 Å². The van der Waals surface area contributed by atoms with Gasteiger partial charge in [0.15, 0.2) is 0 Å². The Morgan fingerprint density at radius 2 is 1.74 bits per heavy atom. The average Bonchev–Trinajstić information content (AvgIpc) is 2.39. The Balaban J connectivity index is 1.80. The zero-order valence-electron chi connectivity index (χ0n) is 11.8. The SMILES string of the molecule is CS(=O)(=O)C1CCCC(OC2CCC(CO)CC2)C1. The van der Waals surface area contributed by atoms with Crippen molar-refractivity contribution in [2.24, 2.45) is 5.92 Å². The molecule has 0 radical (unpaired) electrons. The first-order chi connectivity index (χ1) is 8.99. The average molecular weight is 290 g/mol. The molecule has 0 aliphatic heterocycles.